The van der Waals surface area contributed by atoms with Crippen LogP contribution in [0.2, 0.25) is 0 Å². The molecule has 0 heterocycles. The van der Waals surface area contributed by atoms with Crippen molar-refractivity contribution in [3.05, 3.63) is 24.3 Å². The van der Waals surface area contributed by atoms with Gasteiger partial charge in [0.15, 0.2) is 0 Å². The highest BCUT2D eigenvalue weighted by Gasteiger charge is 2.03. The van der Waals surface area contributed by atoms with Crippen molar-refractivity contribution in [1.29, 1.82) is 0 Å². The van der Waals surface area contributed by atoms with E-state index in [0.29, 0.717) is 11.4 Å². The van der Waals surface area contributed by atoms with E-state index >= 15 is 0 Å². The number of nitrogens with one attached hydrogen (secondary N) is 4. The Hall–Kier alpha value is -3.12. The summed E-state index contributed by atoms with van der Waals surface area (Å²) in [7, 11) is 0. The molecule has 0 radical (unpaired) electrons. The van der Waals surface area contributed by atoms with Crippen LogP contribution in [0.1, 0.15) is 13.8 Å². The summed E-state index contributed by atoms with van der Waals surface area (Å²) in [5, 5.41) is 10.5. The Balaban J connectivity index is 2.53. The lowest BCUT2D eigenvalue weighted by molar-refractivity contribution is 0.252. The number of rotatable bonds is 4. The van der Waals surface area contributed by atoms with Crippen LogP contribution >= 0.6 is 0 Å². The van der Waals surface area contributed by atoms with Crippen molar-refractivity contribution >= 4 is 23.4 Å². The largest absolute Gasteiger partial charge is 0.327 e. The SMILES string of the molecule is CC#CCNC(=O)Nc1cccc(NC(=O)NCC#CC)c1. The summed E-state index contributed by atoms with van der Waals surface area (Å²) in [6.45, 7) is 3.96. The maximum Gasteiger partial charge on any atom is 0.319 e. The quantitative estimate of drug-likeness (QED) is 0.641. The van der Waals surface area contributed by atoms with E-state index in [1.807, 2.05) is 0 Å². The monoisotopic (exact) mass is 298 g/mol. The second-order valence-corrected chi connectivity index (χ2v) is 4.05. The van der Waals surface area contributed by atoms with Gasteiger partial charge in [-0.2, -0.15) is 0 Å². The first-order valence-corrected chi connectivity index (χ1v) is 6.64. The molecule has 6 nitrogen and oxygen atoms in total. The van der Waals surface area contributed by atoms with Gasteiger partial charge < -0.3 is 21.3 Å². The lowest BCUT2D eigenvalue weighted by Gasteiger charge is -2.09. The van der Waals surface area contributed by atoms with Crippen molar-refractivity contribution in [2.75, 3.05) is 23.7 Å². The summed E-state index contributed by atoms with van der Waals surface area (Å²) in [6.07, 6.45) is 0. The number of carbonyl (C=O) groups is 2. The van der Waals surface area contributed by atoms with E-state index in [0.717, 1.165) is 0 Å². The van der Waals surface area contributed by atoms with Crippen LogP contribution in [0.5, 0.6) is 0 Å². The average molecular weight is 298 g/mol. The van der Waals surface area contributed by atoms with Gasteiger partial charge in [0.25, 0.3) is 0 Å². The van der Waals surface area contributed by atoms with Gasteiger partial charge in [0, 0.05) is 11.4 Å². The fraction of sp³-hybridized carbons (Fsp3) is 0.250. The van der Waals surface area contributed by atoms with E-state index in [-0.39, 0.29) is 25.2 Å². The molecule has 0 saturated carbocycles. The first-order valence-electron chi connectivity index (χ1n) is 6.64. The summed E-state index contributed by atoms with van der Waals surface area (Å²) < 4.78 is 0. The van der Waals surface area contributed by atoms with E-state index in [2.05, 4.69) is 44.9 Å². The van der Waals surface area contributed by atoms with E-state index in [1.54, 1.807) is 38.1 Å². The predicted octanol–water partition coefficient (Wildman–Crippen LogP) is 1.98. The molecule has 0 spiro atoms. The third-order valence-electron chi connectivity index (χ3n) is 2.41. The Labute approximate surface area is 130 Å². The fourth-order valence-corrected chi connectivity index (χ4v) is 1.45. The minimum Gasteiger partial charge on any atom is -0.327 e. The van der Waals surface area contributed by atoms with Crippen LogP contribution in [0.15, 0.2) is 24.3 Å². The molecule has 0 fully saturated rings. The summed E-state index contributed by atoms with van der Waals surface area (Å²) in [6, 6.07) is 6.09. The predicted molar refractivity (Wildman–Crippen MR) is 87.4 cm³/mol. The minimum atomic E-state index is -0.359. The van der Waals surface area contributed by atoms with Gasteiger partial charge in [-0.15, -0.1) is 11.8 Å². The third-order valence-corrected chi connectivity index (χ3v) is 2.41. The highest BCUT2D eigenvalue weighted by Crippen LogP contribution is 2.14. The van der Waals surface area contributed by atoms with Crippen LogP contribution in [0.3, 0.4) is 0 Å². The molecule has 0 aromatic heterocycles. The van der Waals surface area contributed by atoms with Crippen molar-refractivity contribution in [2.45, 2.75) is 13.8 Å². The molecule has 0 aliphatic heterocycles. The maximum absolute atomic E-state index is 11.6. The number of hydrogen-bond donors (Lipinski definition) is 4. The zero-order valence-corrected chi connectivity index (χ0v) is 12.5. The van der Waals surface area contributed by atoms with Crippen LogP contribution in [0, 0.1) is 23.7 Å². The summed E-state index contributed by atoms with van der Waals surface area (Å²) >= 11 is 0. The molecular weight excluding hydrogens is 280 g/mol. The summed E-state index contributed by atoms with van der Waals surface area (Å²) in [4.78, 5) is 23.2. The van der Waals surface area contributed by atoms with Crippen LogP contribution < -0.4 is 21.3 Å². The number of anilines is 2. The van der Waals surface area contributed by atoms with Gasteiger partial charge in [-0.05, 0) is 32.0 Å². The van der Waals surface area contributed by atoms with Crippen molar-refractivity contribution < 1.29 is 9.59 Å². The highest BCUT2D eigenvalue weighted by molar-refractivity contribution is 5.92. The number of urea groups is 2. The topological polar surface area (TPSA) is 82.3 Å². The van der Waals surface area contributed by atoms with Gasteiger partial charge in [-0.25, -0.2) is 9.59 Å². The zero-order chi connectivity index (χ0) is 16.2. The van der Waals surface area contributed by atoms with E-state index in [1.165, 1.54) is 0 Å². The minimum absolute atomic E-state index is 0.279. The Morgan fingerprint density at radius 3 is 1.77 bits per heavy atom. The van der Waals surface area contributed by atoms with Crippen molar-refractivity contribution in [3.63, 3.8) is 0 Å². The lowest BCUT2D eigenvalue weighted by atomic mass is 10.3. The van der Waals surface area contributed by atoms with Gasteiger partial charge in [-0.3, -0.25) is 0 Å². The molecule has 0 unspecified atom stereocenters. The number of hydrogen-bond acceptors (Lipinski definition) is 2. The highest BCUT2D eigenvalue weighted by atomic mass is 16.2. The van der Waals surface area contributed by atoms with Gasteiger partial charge in [0.2, 0.25) is 0 Å². The molecule has 0 aliphatic carbocycles. The molecular formula is C16H18N4O2. The first-order chi connectivity index (χ1) is 10.7. The van der Waals surface area contributed by atoms with Crippen molar-refractivity contribution in [3.8, 4) is 23.7 Å². The van der Waals surface area contributed by atoms with Gasteiger partial charge in [0.05, 0.1) is 13.1 Å². The molecule has 114 valence electrons. The molecule has 4 amide bonds. The number of amides is 4. The Morgan fingerprint density at radius 2 is 1.36 bits per heavy atom. The summed E-state index contributed by atoms with van der Waals surface area (Å²) in [5.41, 5.74) is 1.13. The number of carbonyl (C=O) groups excluding carboxylic acids is 2. The standard InChI is InChI=1S/C16H18N4O2/c1-3-5-10-17-15(21)19-13-8-7-9-14(12-13)20-16(22)18-11-6-4-2/h7-9,12H,10-11H2,1-2H3,(H2,17,19,21)(H2,18,20,22). The van der Waals surface area contributed by atoms with Crippen molar-refractivity contribution in [2.24, 2.45) is 0 Å². The molecule has 0 aliphatic rings. The average Bonchev–Trinajstić information content (AvgIpc) is 2.48. The lowest BCUT2D eigenvalue weighted by Crippen LogP contribution is -2.29. The van der Waals surface area contributed by atoms with Crippen LogP contribution in [0.4, 0.5) is 21.0 Å². The van der Waals surface area contributed by atoms with Crippen LogP contribution in [0.25, 0.3) is 0 Å². The second-order valence-electron chi connectivity index (χ2n) is 4.05. The third kappa shape index (κ3) is 6.88. The van der Waals surface area contributed by atoms with Crippen LogP contribution in [-0.2, 0) is 0 Å². The molecule has 0 saturated heterocycles. The van der Waals surface area contributed by atoms with Gasteiger partial charge in [0.1, 0.15) is 0 Å². The molecule has 0 bridgehead atoms. The first kappa shape index (κ1) is 16.9. The molecule has 22 heavy (non-hydrogen) atoms. The maximum atomic E-state index is 11.6. The van der Waals surface area contributed by atoms with E-state index in [4.69, 9.17) is 0 Å². The summed E-state index contributed by atoms with van der Waals surface area (Å²) in [5.74, 6) is 10.8. The molecule has 6 heteroatoms. The zero-order valence-electron chi connectivity index (χ0n) is 12.5. The molecule has 1 aromatic rings. The van der Waals surface area contributed by atoms with Gasteiger partial charge >= 0.3 is 12.1 Å². The Morgan fingerprint density at radius 1 is 0.909 bits per heavy atom. The van der Waals surface area contributed by atoms with Gasteiger partial charge in [-0.1, -0.05) is 17.9 Å². The normalized spacial score (nSPS) is 8.45. The molecule has 4 N–H and O–H groups in total. The molecule has 1 aromatic carbocycles. The smallest absolute Gasteiger partial charge is 0.319 e. The second kappa shape index (κ2) is 9.73. The molecule has 0 atom stereocenters. The van der Waals surface area contributed by atoms with E-state index in [9.17, 15) is 9.59 Å². The van der Waals surface area contributed by atoms with Crippen molar-refractivity contribution in [1.82, 2.24) is 10.6 Å². The molecule has 1 rings (SSSR count). The Bertz CT molecular complexity index is 594. The van der Waals surface area contributed by atoms with Crippen LogP contribution in [-0.4, -0.2) is 25.2 Å². The fourth-order valence-electron chi connectivity index (χ4n) is 1.45. The van der Waals surface area contributed by atoms with E-state index < -0.39 is 0 Å². The number of benzene rings is 1. The Kier molecular flexibility index (Phi) is 7.49.